The molecule has 0 unspecified atom stereocenters. The van der Waals surface area contributed by atoms with Crippen LogP contribution in [-0.2, 0) is 15.9 Å². The average Bonchev–Trinajstić information content (AvgIpc) is 3.81. The van der Waals surface area contributed by atoms with Gasteiger partial charge < -0.3 is 19.6 Å². The molecular formula is C29H28ClFN10O5. The van der Waals surface area contributed by atoms with Crippen LogP contribution in [0.3, 0.4) is 0 Å². The molecule has 1 aromatic carbocycles. The molecule has 1 atom stereocenters. The van der Waals surface area contributed by atoms with Crippen molar-refractivity contribution in [3.05, 3.63) is 81.9 Å². The number of imidazole rings is 1. The first-order chi connectivity index (χ1) is 22.3. The molecule has 238 valence electrons. The van der Waals surface area contributed by atoms with E-state index in [4.69, 9.17) is 26.1 Å². The summed E-state index contributed by atoms with van der Waals surface area (Å²) in [7, 11) is 0. The number of rotatable bonds is 12. The Hall–Kier alpha value is -5.06. The largest absolute Gasteiger partial charge is 0.465 e. The zero-order chi connectivity index (χ0) is 32.2. The van der Waals surface area contributed by atoms with Crippen molar-refractivity contribution >= 4 is 23.5 Å². The highest BCUT2D eigenvalue weighted by molar-refractivity contribution is 6.31. The number of hydrogen-bond donors (Lipinski definition) is 2. The molecule has 1 aliphatic heterocycles. The summed E-state index contributed by atoms with van der Waals surface area (Å²) in [4.78, 5) is 42.4. The van der Waals surface area contributed by atoms with Gasteiger partial charge >= 0.3 is 6.09 Å². The number of carboxylic acid groups (broad SMARTS) is 1. The molecule has 2 N–H and O–H groups in total. The highest BCUT2D eigenvalue weighted by Crippen LogP contribution is 2.33. The summed E-state index contributed by atoms with van der Waals surface area (Å²) in [6.45, 7) is 3.41. The van der Waals surface area contributed by atoms with Crippen molar-refractivity contribution in [2.45, 2.75) is 25.8 Å². The molecule has 0 fully saturated rings. The number of fused-ring (bicyclic) bond motifs is 1. The van der Waals surface area contributed by atoms with Crippen LogP contribution in [0.1, 0.15) is 31.0 Å². The van der Waals surface area contributed by atoms with E-state index in [2.05, 4.69) is 30.5 Å². The lowest BCUT2D eigenvalue weighted by atomic mass is 10.1. The van der Waals surface area contributed by atoms with E-state index in [1.165, 1.54) is 33.9 Å². The number of ether oxygens (including phenoxy) is 2. The second kappa shape index (κ2) is 13.5. The summed E-state index contributed by atoms with van der Waals surface area (Å²) in [5, 5.41) is 21.4. The van der Waals surface area contributed by atoms with Gasteiger partial charge in [0.05, 0.1) is 43.8 Å². The van der Waals surface area contributed by atoms with Crippen molar-refractivity contribution in [1.29, 1.82) is 0 Å². The number of nitrogens with one attached hydrogen (secondary N) is 1. The zero-order valence-electron chi connectivity index (χ0n) is 24.5. The molecule has 0 saturated carbocycles. The summed E-state index contributed by atoms with van der Waals surface area (Å²) in [6.07, 6.45) is 2.50. The third kappa shape index (κ3) is 6.35. The molecule has 46 heavy (non-hydrogen) atoms. The van der Waals surface area contributed by atoms with Crippen LogP contribution in [0, 0.1) is 5.95 Å². The SMILES string of the molecule is CCOCCOCCN(C(=O)O)c1ccc(-c2[nH]c([C@@H]3CCc4nc(-c5cc(Cl)ccc5-n5cnnn5)cc(=O)n43)nc2F)cn1. The molecule has 5 aromatic rings. The molecule has 0 bridgehead atoms. The fraction of sp³-hybridized carbons (Fsp3) is 0.310. The van der Waals surface area contributed by atoms with E-state index in [-0.39, 0.29) is 36.0 Å². The number of hydrogen-bond acceptors (Lipinski definition) is 10. The summed E-state index contributed by atoms with van der Waals surface area (Å²) >= 11 is 6.27. The van der Waals surface area contributed by atoms with Gasteiger partial charge in [0, 0.05) is 41.4 Å². The molecule has 1 aliphatic rings. The molecule has 0 radical (unpaired) electrons. The van der Waals surface area contributed by atoms with Gasteiger partial charge in [0.15, 0.2) is 0 Å². The average molecular weight is 651 g/mol. The van der Waals surface area contributed by atoms with E-state index in [0.29, 0.717) is 66.0 Å². The number of benzene rings is 1. The number of halogens is 2. The van der Waals surface area contributed by atoms with Crippen LogP contribution in [0.2, 0.25) is 5.02 Å². The number of aromatic amines is 1. The molecule has 0 aliphatic carbocycles. The lowest BCUT2D eigenvalue weighted by Crippen LogP contribution is -2.33. The molecule has 0 spiro atoms. The van der Waals surface area contributed by atoms with Gasteiger partial charge in [-0.2, -0.15) is 9.07 Å². The maximum atomic E-state index is 15.2. The van der Waals surface area contributed by atoms with Crippen LogP contribution in [0.25, 0.3) is 28.2 Å². The van der Waals surface area contributed by atoms with Crippen LogP contribution in [-0.4, -0.2) is 88.9 Å². The molecule has 15 nitrogen and oxygen atoms in total. The first kappa shape index (κ1) is 30.9. The van der Waals surface area contributed by atoms with E-state index in [0.717, 1.165) is 4.90 Å². The van der Waals surface area contributed by atoms with Crippen molar-refractivity contribution in [3.8, 4) is 28.2 Å². The second-order valence-corrected chi connectivity index (χ2v) is 10.6. The maximum absolute atomic E-state index is 15.2. The van der Waals surface area contributed by atoms with Crippen molar-refractivity contribution in [1.82, 2.24) is 44.7 Å². The van der Waals surface area contributed by atoms with E-state index in [1.807, 2.05) is 6.92 Å². The lowest BCUT2D eigenvalue weighted by Gasteiger charge is -2.18. The van der Waals surface area contributed by atoms with Gasteiger partial charge in [-0.3, -0.25) is 14.3 Å². The summed E-state index contributed by atoms with van der Waals surface area (Å²) in [5.74, 6) is 0.139. The van der Waals surface area contributed by atoms with Gasteiger partial charge in [-0.1, -0.05) is 11.6 Å². The quantitative estimate of drug-likeness (QED) is 0.189. The number of H-pyrrole nitrogens is 1. The Morgan fingerprint density at radius 1 is 1.17 bits per heavy atom. The Kier molecular flexibility index (Phi) is 9.09. The maximum Gasteiger partial charge on any atom is 0.413 e. The zero-order valence-corrected chi connectivity index (χ0v) is 25.3. The summed E-state index contributed by atoms with van der Waals surface area (Å²) < 4.78 is 28.7. The predicted octanol–water partition coefficient (Wildman–Crippen LogP) is 3.54. The number of tetrazole rings is 1. The normalized spacial score (nSPS) is 14.0. The molecule has 5 heterocycles. The first-order valence-corrected chi connectivity index (χ1v) is 14.7. The number of carbonyl (C=O) groups is 1. The minimum absolute atomic E-state index is 0.0538. The van der Waals surface area contributed by atoms with E-state index in [9.17, 15) is 14.7 Å². The Bertz CT molecular complexity index is 1900. The minimum atomic E-state index is -1.20. The van der Waals surface area contributed by atoms with Gasteiger partial charge in [0.2, 0.25) is 5.95 Å². The number of pyridine rings is 1. The van der Waals surface area contributed by atoms with Gasteiger partial charge in [-0.05, 0) is 54.1 Å². The summed E-state index contributed by atoms with van der Waals surface area (Å²) in [5.41, 5.74) is 1.64. The molecule has 17 heteroatoms. The molecule has 1 amide bonds. The van der Waals surface area contributed by atoms with E-state index in [1.54, 1.807) is 24.3 Å². The fourth-order valence-corrected chi connectivity index (χ4v) is 5.44. The van der Waals surface area contributed by atoms with Crippen LogP contribution >= 0.6 is 11.6 Å². The number of aromatic nitrogens is 9. The fourth-order valence-electron chi connectivity index (χ4n) is 5.27. The third-order valence-corrected chi connectivity index (χ3v) is 7.62. The Balaban J connectivity index is 1.22. The van der Waals surface area contributed by atoms with Crippen LogP contribution in [0.5, 0.6) is 0 Å². The Labute approximate surface area is 265 Å². The summed E-state index contributed by atoms with van der Waals surface area (Å²) in [6, 6.07) is 8.94. The van der Waals surface area contributed by atoms with Crippen molar-refractivity contribution < 1.29 is 23.8 Å². The molecule has 4 aromatic heterocycles. The number of aryl methyl sites for hydroxylation is 1. The van der Waals surface area contributed by atoms with Crippen LogP contribution in [0.15, 0.2) is 53.7 Å². The van der Waals surface area contributed by atoms with Gasteiger partial charge in [-0.15, -0.1) is 5.10 Å². The predicted molar refractivity (Wildman–Crippen MR) is 163 cm³/mol. The van der Waals surface area contributed by atoms with Crippen molar-refractivity contribution in [3.63, 3.8) is 0 Å². The topological polar surface area (TPSA) is 179 Å². The van der Waals surface area contributed by atoms with Crippen molar-refractivity contribution in [2.24, 2.45) is 0 Å². The lowest BCUT2D eigenvalue weighted by molar-refractivity contribution is 0.0555. The van der Waals surface area contributed by atoms with Crippen LogP contribution in [0.4, 0.5) is 15.0 Å². The van der Waals surface area contributed by atoms with Crippen molar-refractivity contribution in [2.75, 3.05) is 37.9 Å². The number of nitrogens with zero attached hydrogens (tertiary/aromatic N) is 9. The third-order valence-electron chi connectivity index (χ3n) is 7.38. The van der Waals surface area contributed by atoms with Gasteiger partial charge in [0.1, 0.15) is 29.5 Å². The van der Waals surface area contributed by atoms with Gasteiger partial charge in [-0.25, -0.2) is 19.7 Å². The highest BCUT2D eigenvalue weighted by atomic mass is 35.5. The smallest absolute Gasteiger partial charge is 0.413 e. The first-order valence-electron chi connectivity index (χ1n) is 14.4. The van der Waals surface area contributed by atoms with Crippen LogP contribution < -0.4 is 10.5 Å². The molecule has 0 saturated heterocycles. The number of amides is 1. The minimum Gasteiger partial charge on any atom is -0.465 e. The van der Waals surface area contributed by atoms with E-state index >= 15 is 4.39 Å². The Morgan fingerprint density at radius 2 is 2.02 bits per heavy atom. The van der Waals surface area contributed by atoms with Gasteiger partial charge in [0.25, 0.3) is 5.56 Å². The second-order valence-electron chi connectivity index (χ2n) is 10.2. The molecule has 6 rings (SSSR count). The van der Waals surface area contributed by atoms with E-state index < -0.39 is 18.1 Å². The standard InChI is InChI=1S/C29H28ClFN10O5/c1-2-45-11-12-46-10-9-39(29(43)44)23-7-3-17(15-32-23)26-27(31)36-28(35-26)22-6-8-24-34-20(14-25(42)41(22)24)19-13-18(30)4-5-21(19)40-16-33-37-38-40/h3-5,7,13-16,22H,2,6,8-12H2,1H3,(H,35,36)(H,43,44)/t22-/m0/s1. The Morgan fingerprint density at radius 3 is 2.76 bits per heavy atom. The highest BCUT2D eigenvalue weighted by Gasteiger charge is 2.30. The monoisotopic (exact) mass is 650 g/mol. The molecular weight excluding hydrogens is 623 g/mol. The number of anilines is 1.